The van der Waals surface area contributed by atoms with Crippen LogP contribution in [0.3, 0.4) is 0 Å². The summed E-state index contributed by atoms with van der Waals surface area (Å²) in [5.74, 6) is 2.38. The maximum absolute atomic E-state index is 2.55. The van der Waals surface area contributed by atoms with Crippen molar-refractivity contribution in [2.45, 2.75) is 32.1 Å². The van der Waals surface area contributed by atoms with Crippen molar-refractivity contribution in [1.82, 2.24) is 0 Å². The van der Waals surface area contributed by atoms with Crippen molar-refractivity contribution < 1.29 is 0 Å². The van der Waals surface area contributed by atoms with Crippen molar-refractivity contribution in [2.75, 3.05) is 0 Å². The van der Waals surface area contributed by atoms with Gasteiger partial charge in [-0.3, -0.25) is 0 Å². The molecule has 0 aromatic heterocycles. The molecule has 1 aromatic carbocycles. The van der Waals surface area contributed by atoms with E-state index in [-0.39, 0.29) is 0 Å². The summed E-state index contributed by atoms with van der Waals surface area (Å²) in [6.07, 6.45) is 14.6. The monoisotopic (exact) mass is 260 g/mol. The molecule has 0 heterocycles. The predicted octanol–water partition coefficient (Wildman–Crippen LogP) is 3.32. The summed E-state index contributed by atoms with van der Waals surface area (Å²) in [5.41, 5.74) is 4.99. The van der Waals surface area contributed by atoms with Crippen LogP contribution in [-0.4, -0.2) is 0 Å². The van der Waals surface area contributed by atoms with Gasteiger partial charge < -0.3 is 0 Å². The first-order valence-electron chi connectivity index (χ1n) is 8.13. The average Bonchev–Trinajstić information content (AvgIpc) is 3.02. The van der Waals surface area contributed by atoms with Gasteiger partial charge in [-0.1, -0.05) is 54.5 Å². The van der Waals surface area contributed by atoms with Gasteiger partial charge in [0.25, 0.3) is 0 Å². The van der Waals surface area contributed by atoms with E-state index in [9.17, 15) is 0 Å². The lowest BCUT2D eigenvalue weighted by atomic mass is 9.72. The zero-order valence-electron chi connectivity index (χ0n) is 11.8. The van der Waals surface area contributed by atoms with Crippen molar-refractivity contribution in [3.63, 3.8) is 0 Å². The minimum atomic E-state index is 0.677. The Balaban J connectivity index is 1.67. The Kier molecular flexibility index (Phi) is 2.21. The normalized spacial score (nSPS) is 33.4. The summed E-state index contributed by atoms with van der Waals surface area (Å²) >= 11 is 0. The molecule has 0 spiro atoms. The first-order chi connectivity index (χ1) is 9.90. The van der Waals surface area contributed by atoms with Gasteiger partial charge in [0, 0.05) is 5.92 Å². The number of rotatable bonds is 0. The van der Waals surface area contributed by atoms with Crippen molar-refractivity contribution in [3.05, 3.63) is 58.0 Å². The largest absolute Gasteiger partial charge is 0.0691 e. The SMILES string of the molecule is C1=C2C=C3CCCCC3C2CC2C=c3ccccc3=C12. The summed E-state index contributed by atoms with van der Waals surface area (Å²) in [6, 6.07) is 8.92. The van der Waals surface area contributed by atoms with Gasteiger partial charge in [-0.25, -0.2) is 0 Å². The Labute approximate surface area is 120 Å². The van der Waals surface area contributed by atoms with Crippen LogP contribution in [0.4, 0.5) is 0 Å². The van der Waals surface area contributed by atoms with Crippen molar-refractivity contribution in [3.8, 4) is 0 Å². The van der Waals surface area contributed by atoms with Gasteiger partial charge in [0.15, 0.2) is 0 Å². The Morgan fingerprint density at radius 2 is 1.90 bits per heavy atom. The number of hydrogen-bond donors (Lipinski definition) is 0. The molecule has 1 saturated carbocycles. The van der Waals surface area contributed by atoms with E-state index in [0.29, 0.717) is 5.92 Å². The summed E-state index contributed by atoms with van der Waals surface area (Å²) < 4.78 is 0. The van der Waals surface area contributed by atoms with Crippen LogP contribution < -0.4 is 10.4 Å². The van der Waals surface area contributed by atoms with E-state index in [1.807, 2.05) is 0 Å². The second-order valence-electron chi connectivity index (χ2n) is 6.87. The van der Waals surface area contributed by atoms with Gasteiger partial charge in [0.05, 0.1) is 0 Å². The number of benzene rings is 1. The smallest absolute Gasteiger partial charge is 0.00394 e. The fraction of sp³-hybridized carbons (Fsp3) is 0.400. The number of fused-ring (bicyclic) bond motifs is 5. The highest BCUT2D eigenvalue weighted by Crippen LogP contribution is 2.50. The molecule has 1 aromatic rings. The highest BCUT2D eigenvalue weighted by Gasteiger charge is 2.39. The van der Waals surface area contributed by atoms with Gasteiger partial charge in [0.2, 0.25) is 0 Å². The van der Waals surface area contributed by atoms with Crippen LogP contribution in [0, 0.1) is 17.8 Å². The van der Waals surface area contributed by atoms with Crippen LogP contribution in [0.15, 0.2) is 47.6 Å². The van der Waals surface area contributed by atoms with E-state index in [0.717, 1.165) is 11.8 Å². The van der Waals surface area contributed by atoms with Gasteiger partial charge in [-0.2, -0.15) is 0 Å². The molecular formula is C20H20. The second kappa shape index (κ2) is 3.97. The maximum atomic E-state index is 2.55. The molecule has 0 nitrogen and oxygen atoms in total. The molecule has 0 aliphatic heterocycles. The third kappa shape index (κ3) is 1.43. The molecule has 0 bridgehead atoms. The highest BCUT2D eigenvalue weighted by atomic mass is 14.4. The van der Waals surface area contributed by atoms with Crippen molar-refractivity contribution >= 4 is 11.6 Å². The molecule has 0 N–H and O–H groups in total. The summed E-state index contributed by atoms with van der Waals surface area (Å²) in [4.78, 5) is 0. The Bertz CT molecular complexity index is 759. The fourth-order valence-corrected chi connectivity index (χ4v) is 4.95. The zero-order valence-corrected chi connectivity index (χ0v) is 11.8. The van der Waals surface area contributed by atoms with E-state index in [2.05, 4.69) is 42.5 Å². The molecule has 0 saturated heterocycles. The van der Waals surface area contributed by atoms with E-state index >= 15 is 0 Å². The Morgan fingerprint density at radius 1 is 0.950 bits per heavy atom. The topological polar surface area (TPSA) is 0 Å². The van der Waals surface area contributed by atoms with E-state index in [1.165, 1.54) is 42.5 Å². The zero-order chi connectivity index (χ0) is 13.1. The molecule has 4 aliphatic rings. The molecule has 100 valence electrons. The molecule has 20 heavy (non-hydrogen) atoms. The fourth-order valence-electron chi connectivity index (χ4n) is 4.95. The quantitative estimate of drug-likeness (QED) is 0.671. The lowest BCUT2D eigenvalue weighted by Crippen LogP contribution is -2.24. The van der Waals surface area contributed by atoms with Gasteiger partial charge >= 0.3 is 0 Å². The molecule has 4 aliphatic carbocycles. The first-order valence-corrected chi connectivity index (χ1v) is 8.13. The lowest BCUT2D eigenvalue weighted by molar-refractivity contribution is 0.347. The molecule has 3 unspecified atom stereocenters. The highest BCUT2D eigenvalue weighted by molar-refractivity contribution is 5.74. The minimum Gasteiger partial charge on any atom is -0.0691 e. The van der Waals surface area contributed by atoms with Crippen molar-refractivity contribution in [2.24, 2.45) is 17.8 Å². The summed E-state index contributed by atoms with van der Waals surface area (Å²) in [5, 5.41) is 2.94. The van der Waals surface area contributed by atoms with Gasteiger partial charge in [-0.15, -0.1) is 0 Å². The van der Waals surface area contributed by atoms with Crippen LogP contribution in [-0.2, 0) is 0 Å². The Morgan fingerprint density at radius 3 is 2.90 bits per heavy atom. The molecule has 0 amide bonds. The van der Waals surface area contributed by atoms with Gasteiger partial charge in [-0.05, 0) is 59.1 Å². The average molecular weight is 260 g/mol. The lowest BCUT2D eigenvalue weighted by Gasteiger charge is -2.32. The maximum Gasteiger partial charge on any atom is 0.00394 e. The molecule has 0 heteroatoms. The van der Waals surface area contributed by atoms with E-state index in [1.54, 1.807) is 16.7 Å². The van der Waals surface area contributed by atoms with E-state index in [4.69, 9.17) is 0 Å². The molecule has 1 fully saturated rings. The molecule has 0 radical (unpaired) electrons. The van der Waals surface area contributed by atoms with Crippen LogP contribution >= 0.6 is 0 Å². The standard InChI is InChI=1S/C20H20/c1-3-7-17-13(5-1)9-15-11-20-16(12-19(15)17)10-14-6-2-4-8-18(14)20/h1,3,5,7,9-10,12,15,18,20H,2,4,6,8,11H2. The minimum absolute atomic E-state index is 0.677. The predicted molar refractivity (Wildman–Crippen MR) is 83.3 cm³/mol. The summed E-state index contributed by atoms with van der Waals surface area (Å²) in [7, 11) is 0. The van der Waals surface area contributed by atoms with Crippen LogP contribution in [0.2, 0.25) is 0 Å². The molecule has 3 atom stereocenters. The third-order valence-electron chi connectivity index (χ3n) is 5.85. The molecule has 5 rings (SSSR count). The van der Waals surface area contributed by atoms with Crippen molar-refractivity contribution in [1.29, 1.82) is 0 Å². The number of hydrogen-bond acceptors (Lipinski definition) is 0. The van der Waals surface area contributed by atoms with Gasteiger partial charge in [0.1, 0.15) is 0 Å². The first kappa shape index (κ1) is 11.1. The van der Waals surface area contributed by atoms with Crippen LogP contribution in [0.25, 0.3) is 11.6 Å². The van der Waals surface area contributed by atoms with Crippen LogP contribution in [0.1, 0.15) is 32.1 Å². The van der Waals surface area contributed by atoms with Crippen LogP contribution in [0.5, 0.6) is 0 Å². The number of allylic oxidation sites excluding steroid dienone is 4. The van der Waals surface area contributed by atoms with E-state index < -0.39 is 0 Å². The third-order valence-corrected chi connectivity index (χ3v) is 5.85. The Hall–Kier alpha value is -1.56. The summed E-state index contributed by atoms with van der Waals surface area (Å²) in [6.45, 7) is 0. The molecular weight excluding hydrogens is 240 g/mol. The second-order valence-corrected chi connectivity index (χ2v) is 6.87.